The molecule has 1 rings (SSSR count). The van der Waals surface area contributed by atoms with Crippen molar-refractivity contribution in [3.05, 3.63) is 0 Å². The Morgan fingerprint density at radius 2 is 2.14 bits per heavy atom. The molecule has 5 N–H and O–H groups in total. The highest BCUT2D eigenvalue weighted by Gasteiger charge is 2.27. The predicted octanol–water partition coefficient (Wildman–Crippen LogP) is -0.181. The number of carbonyl (C=O) groups excluding carboxylic acids is 2. The van der Waals surface area contributed by atoms with Crippen molar-refractivity contribution in [1.29, 1.82) is 0 Å². The Bertz CT molecular complexity index is 388. The molecule has 0 bridgehead atoms. The Morgan fingerprint density at radius 3 is 2.71 bits per heavy atom. The standard InChI is InChI=1S/C13H23N3O5/c1-2-10-8(5-6-21-10)7-15-13(20)16-9(12(18)19)3-4-11(14)17/h8-10H,2-7H2,1H3,(H2,14,17)(H,18,19)(H2,15,16,20)/t8?,9-,10?/m1/s1. The van der Waals surface area contributed by atoms with Gasteiger partial charge in [0.05, 0.1) is 6.10 Å². The number of hydrogen-bond donors (Lipinski definition) is 4. The lowest BCUT2D eigenvalue weighted by molar-refractivity contribution is -0.139. The van der Waals surface area contributed by atoms with Crippen LogP contribution in [-0.4, -0.2) is 48.3 Å². The monoisotopic (exact) mass is 301 g/mol. The third-order valence-corrected chi connectivity index (χ3v) is 3.56. The molecule has 120 valence electrons. The molecule has 0 aromatic heterocycles. The number of ether oxygens (including phenoxy) is 1. The molecule has 1 aliphatic rings. The van der Waals surface area contributed by atoms with Crippen molar-refractivity contribution in [2.24, 2.45) is 11.7 Å². The fourth-order valence-electron chi connectivity index (χ4n) is 2.35. The minimum absolute atomic E-state index is 0.0256. The number of carboxylic acid groups (broad SMARTS) is 1. The zero-order chi connectivity index (χ0) is 15.8. The molecule has 3 amide bonds. The van der Waals surface area contributed by atoms with Crippen molar-refractivity contribution in [1.82, 2.24) is 10.6 Å². The van der Waals surface area contributed by atoms with Crippen molar-refractivity contribution in [2.45, 2.75) is 44.8 Å². The maximum Gasteiger partial charge on any atom is 0.326 e. The number of primary amides is 1. The number of urea groups is 1. The minimum Gasteiger partial charge on any atom is -0.480 e. The number of nitrogens with two attached hydrogens (primary N) is 1. The van der Waals surface area contributed by atoms with Crippen molar-refractivity contribution < 1.29 is 24.2 Å². The molecule has 3 atom stereocenters. The van der Waals surface area contributed by atoms with Crippen molar-refractivity contribution >= 4 is 17.9 Å². The smallest absolute Gasteiger partial charge is 0.326 e. The number of nitrogens with one attached hydrogen (secondary N) is 2. The van der Waals surface area contributed by atoms with Gasteiger partial charge in [-0.25, -0.2) is 9.59 Å². The summed E-state index contributed by atoms with van der Waals surface area (Å²) in [6, 6.07) is -1.69. The van der Waals surface area contributed by atoms with Gasteiger partial charge in [-0.3, -0.25) is 4.79 Å². The van der Waals surface area contributed by atoms with Gasteiger partial charge in [0.1, 0.15) is 6.04 Å². The summed E-state index contributed by atoms with van der Waals surface area (Å²) in [5.74, 6) is -1.55. The zero-order valence-corrected chi connectivity index (χ0v) is 12.1. The number of carbonyl (C=O) groups is 3. The summed E-state index contributed by atoms with van der Waals surface area (Å²) >= 11 is 0. The molecule has 0 aromatic rings. The normalized spacial score (nSPS) is 22.5. The summed E-state index contributed by atoms with van der Waals surface area (Å²) in [5, 5.41) is 14.0. The molecule has 21 heavy (non-hydrogen) atoms. The van der Waals surface area contributed by atoms with Gasteiger partial charge < -0.3 is 26.2 Å². The van der Waals surface area contributed by atoms with Gasteiger partial charge in [-0.05, 0) is 19.3 Å². The van der Waals surface area contributed by atoms with E-state index in [2.05, 4.69) is 10.6 Å². The lowest BCUT2D eigenvalue weighted by Crippen LogP contribution is -2.47. The van der Waals surface area contributed by atoms with Gasteiger partial charge in [0.25, 0.3) is 0 Å². The van der Waals surface area contributed by atoms with Crippen molar-refractivity contribution in [3.8, 4) is 0 Å². The lowest BCUT2D eigenvalue weighted by atomic mass is 10.00. The molecule has 1 saturated heterocycles. The van der Waals surface area contributed by atoms with Gasteiger partial charge >= 0.3 is 12.0 Å². The maximum atomic E-state index is 11.7. The van der Waals surface area contributed by atoms with Gasteiger partial charge in [-0.2, -0.15) is 0 Å². The molecule has 1 fully saturated rings. The fraction of sp³-hybridized carbons (Fsp3) is 0.769. The topological polar surface area (TPSA) is 131 Å². The Kier molecular flexibility index (Phi) is 6.93. The van der Waals surface area contributed by atoms with E-state index in [0.717, 1.165) is 12.8 Å². The third-order valence-electron chi connectivity index (χ3n) is 3.56. The maximum absolute atomic E-state index is 11.7. The molecule has 1 heterocycles. The minimum atomic E-state index is -1.19. The quantitative estimate of drug-likeness (QED) is 0.494. The Morgan fingerprint density at radius 1 is 1.43 bits per heavy atom. The van der Waals surface area contributed by atoms with E-state index in [9.17, 15) is 14.4 Å². The van der Waals surface area contributed by atoms with Crippen molar-refractivity contribution in [2.75, 3.05) is 13.2 Å². The van der Waals surface area contributed by atoms with Crippen molar-refractivity contribution in [3.63, 3.8) is 0 Å². The molecule has 0 radical (unpaired) electrons. The van der Waals surface area contributed by atoms with E-state index in [-0.39, 0.29) is 24.9 Å². The predicted molar refractivity (Wildman–Crippen MR) is 74.5 cm³/mol. The van der Waals surface area contributed by atoms with Crippen LogP contribution in [0.15, 0.2) is 0 Å². The number of aliphatic carboxylic acids is 1. The van der Waals surface area contributed by atoms with Crippen LogP contribution in [0.3, 0.4) is 0 Å². The molecular weight excluding hydrogens is 278 g/mol. The molecule has 0 saturated carbocycles. The molecule has 1 aliphatic heterocycles. The van der Waals surface area contributed by atoms with Gasteiger partial charge in [0, 0.05) is 25.5 Å². The first-order chi connectivity index (χ1) is 9.93. The third kappa shape index (κ3) is 5.99. The van der Waals surface area contributed by atoms with Gasteiger partial charge in [-0.1, -0.05) is 6.92 Å². The lowest BCUT2D eigenvalue weighted by Gasteiger charge is -2.19. The molecule has 0 aromatic carbocycles. The largest absolute Gasteiger partial charge is 0.480 e. The summed E-state index contributed by atoms with van der Waals surface area (Å²) in [6.45, 7) is 3.14. The Balaban J connectivity index is 2.36. The summed E-state index contributed by atoms with van der Waals surface area (Å²) in [5.41, 5.74) is 4.97. The second-order valence-electron chi connectivity index (χ2n) is 5.12. The molecule has 0 spiro atoms. The van der Waals surface area contributed by atoms with E-state index >= 15 is 0 Å². The number of carboxylic acids is 1. The molecule has 0 aliphatic carbocycles. The van der Waals surface area contributed by atoms with Crippen LogP contribution in [0.25, 0.3) is 0 Å². The van der Waals surface area contributed by atoms with E-state index in [1.165, 1.54) is 0 Å². The van der Waals surface area contributed by atoms with Crippen LogP contribution in [0.5, 0.6) is 0 Å². The van der Waals surface area contributed by atoms with Crippen LogP contribution in [0.4, 0.5) is 4.79 Å². The second-order valence-corrected chi connectivity index (χ2v) is 5.12. The molecule has 2 unspecified atom stereocenters. The van der Waals surface area contributed by atoms with Gasteiger partial charge in [0.2, 0.25) is 5.91 Å². The number of hydrogen-bond acceptors (Lipinski definition) is 4. The average molecular weight is 301 g/mol. The van der Waals surface area contributed by atoms with Gasteiger partial charge in [-0.15, -0.1) is 0 Å². The van der Waals surface area contributed by atoms with E-state index in [1.807, 2.05) is 6.92 Å². The first-order valence-corrected chi connectivity index (χ1v) is 7.11. The zero-order valence-electron chi connectivity index (χ0n) is 12.1. The van der Waals surface area contributed by atoms with Crippen LogP contribution in [0.2, 0.25) is 0 Å². The van der Waals surface area contributed by atoms with Crippen LogP contribution < -0.4 is 16.4 Å². The summed E-state index contributed by atoms with van der Waals surface area (Å²) in [4.78, 5) is 33.4. The van der Waals surface area contributed by atoms with E-state index < -0.39 is 23.9 Å². The van der Waals surface area contributed by atoms with E-state index in [1.54, 1.807) is 0 Å². The molecule has 8 heteroatoms. The van der Waals surface area contributed by atoms with E-state index in [0.29, 0.717) is 13.2 Å². The second kappa shape index (κ2) is 8.46. The first-order valence-electron chi connectivity index (χ1n) is 7.11. The highest BCUT2D eigenvalue weighted by Crippen LogP contribution is 2.22. The first kappa shape index (κ1) is 17.2. The van der Waals surface area contributed by atoms with E-state index in [4.69, 9.17) is 15.6 Å². The summed E-state index contributed by atoms with van der Waals surface area (Å²) < 4.78 is 5.51. The van der Waals surface area contributed by atoms with Crippen LogP contribution in [0, 0.1) is 5.92 Å². The highest BCUT2D eigenvalue weighted by atomic mass is 16.5. The Hall–Kier alpha value is -1.83. The molecular formula is C13H23N3O5. The molecule has 8 nitrogen and oxygen atoms in total. The highest BCUT2D eigenvalue weighted by molar-refractivity contribution is 5.83. The summed E-state index contributed by atoms with van der Waals surface area (Å²) in [7, 11) is 0. The Labute approximate surface area is 123 Å². The SMILES string of the molecule is CCC1OCCC1CNC(=O)N[C@H](CCC(N)=O)C(=O)O. The van der Waals surface area contributed by atoms with Gasteiger partial charge in [0.15, 0.2) is 0 Å². The van der Waals surface area contributed by atoms with Crippen LogP contribution in [-0.2, 0) is 14.3 Å². The average Bonchev–Trinajstić information content (AvgIpc) is 2.88. The fourth-order valence-corrected chi connectivity index (χ4v) is 2.35. The number of rotatable bonds is 8. The van der Waals surface area contributed by atoms with Crippen LogP contribution in [0.1, 0.15) is 32.6 Å². The number of amides is 3. The summed E-state index contributed by atoms with van der Waals surface area (Å²) in [6.07, 6.45) is 1.77. The van der Waals surface area contributed by atoms with Crippen LogP contribution >= 0.6 is 0 Å².